The lowest BCUT2D eigenvalue weighted by molar-refractivity contribution is 0.0257. The third kappa shape index (κ3) is 3.54. The minimum atomic E-state index is -0.728. The van der Waals surface area contributed by atoms with Crippen LogP contribution in [0.15, 0.2) is 0 Å². The molecule has 1 rings (SSSR count). The molecule has 0 radical (unpaired) electrons. The number of ether oxygens (including phenoxy) is 1. The van der Waals surface area contributed by atoms with Gasteiger partial charge in [0, 0.05) is 0 Å². The molecule has 0 spiro atoms. The van der Waals surface area contributed by atoms with Crippen molar-refractivity contribution in [1.29, 1.82) is 0 Å². The van der Waals surface area contributed by atoms with Crippen LogP contribution in [0.1, 0.15) is 39.5 Å². The minimum Gasteiger partial charge on any atom is -0.444 e. The first-order valence-electron chi connectivity index (χ1n) is 5.05. The van der Waals surface area contributed by atoms with E-state index in [1.54, 1.807) is 0 Å². The molecule has 82 valence electrons. The Morgan fingerprint density at radius 2 is 2.21 bits per heavy atom. The smallest absolute Gasteiger partial charge is 0.405 e. The lowest BCUT2D eigenvalue weighted by atomic mass is 9.92. The van der Waals surface area contributed by atoms with Gasteiger partial charge < -0.3 is 15.6 Å². The molecule has 1 amide bonds. The monoisotopic (exact) mass is 201 g/mol. The van der Waals surface area contributed by atoms with E-state index in [2.05, 4.69) is 0 Å². The number of hydrogen-bond acceptors (Lipinski definition) is 3. The predicted octanol–water partition coefficient (Wildman–Crippen LogP) is 1.41. The van der Waals surface area contributed by atoms with Gasteiger partial charge in [-0.1, -0.05) is 0 Å². The Labute approximate surface area is 84.4 Å². The molecule has 14 heavy (non-hydrogen) atoms. The average Bonchev–Trinajstić information content (AvgIpc) is 2.30. The van der Waals surface area contributed by atoms with Crippen molar-refractivity contribution in [1.82, 2.24) is 0 Å². The van der Waals surface area contributed by atoms with Crippen LogP contribution in [0.4, 0.5) is 4.79 Å². The molecular weight excluding hydrogens is 182 g/mol. The summed E-state index contributed by atoms with van der Waals surface area (Å²) in [5.41, 5.74) is 4.46. The van der Waals surface area contributed by atoms with Gasteiger partial charge in [-0.25, -0.2) is 4.79 Å². The van der Waals surface area contributed by atoms with Gasteiger partial charge in [-0.2, -0.15) is 0 Å². The molecule has 1 fully saturated rings. The van der Waals surface area contributed by atoms with Gasteiger partial charge >= 0.3 is 6.09 Å². The zero-order valence-corrected chi connectivity index (χ0v) is 8.82. The number of primary amides is 1. The SMILES string of the molecule is CC(C)(C[C@H]1CC[C@@H](O)C1)OC(N)=O. The van der Waals surface area contributed by atoms with Crippen molar-refractivity contribution in [2.24, 2.45) is 11.7 Å². The van der Waals surface area contributed by atoms with E-state index in [9.17, 15) is 9.90 Å². The van der Waals surface area contributed by atoms with Crippen LogP contribution < -0.4 is 5.73 Å². The van der Waals surface area contributed by atoms with E-state index in [0.29, 0.717) is 5.92 Å². The van der Waals surface area contributed by atoms with Crippen LogP contribution in [0.25, 0.3) is 0 Å². The Kier molecular flexibility index (Phi) is 3.37. The zero-order valence-electron chi connectivity index (χ0n) is 8.82. The fraction of sp³-hybridized carbons (Fsp3) is 0.900. The number of carbonyl (C=O) groups excluding carboxylic acids is 1. The average molecular weight is 201 g/mol. The highest BCUT2D eigenvalue weighted by atomic mass is 16.6. The molecule has 0 saturated heterocycles. The van der Waals surface area contributed by atoms with E-state index in [4.69, 9.17) is 10.5 Å². The number of amides is 1. The van der Waals surface area contributed by atoms with Gasteiger partial charge in [0.1, 0.15) is 5.60 Å². The first-order chi connectivity index (χ1) is 6.39. The second kappa shape index (κ2) is 4.17. The van der Waals surface area contributed by atoms with Gasteiger partial charge in [0.15, 0.2) is 0 Å². The molecule has 0 aromatic heterocycles. The van der Waals surface area contributed by atoms with E-state index in [1.165, 1.54) is 0 Å². The third-order valence-corrected chi connectivity index (χ3v) is 2.67. The van der Waals surface area contributed by atoms with Crippen LogP contribution >= 0.6 is 0 Å². The Balaban J connectivity index is 2.38. The molecule has 3 N–H and O–H groups in total. The van der Waals surface area contributed by atoms with E-state index < -0.39 is 11.7 Å². The number of nitrogens with two attached hydrogens (primary N) is 1. The van der Waals surface area contributed by atoms with Gasteiger partial charge in [0.2, 0.25) is 0 Å². The maximum atomic E-state index is 10.6. The van der Waals surface area contributed by atoms with Crippen LogP contribution in [-0.2, 0) is 4.74 Å². The normalized spacial score (nSPS) is 27.6. The van der Waals surface area contributed by atoms with Crippen LogP contribution in [0, 0.1) is 5.92 Å². The Morgan fingerprint density at radius 3 is 2.64 bits per heavy atom. The van der Waals surface area contributed by atoms with E-state index in [1.807, 2.05) is 13.8 Å². The summed E-state index contributed by atoms with van der Waals surface area (Å²) in [4.78, 5) is 10.6. The fourth-order valence-corrected chi connectivity index (χ4v) is 2.24. The highest BCUT2D eigenvalue weighted by Crippen LogP contribution is 2.33. The van der Waals surface area contributed by atoms with E-state index in [-0.39, 0.29) is 6.10 Å². The highest BCUT2D eigenvalue weighted by molar-refractivity contribution is 5.65. The summed E-state index contributed by atoms with van der Waals surface area (Å²) in [5.74, 6) is 0.444. The number of rotatable bonds is 3. The van der Waals surface area contributed by atoms with Crippen molar-refractivity contribution in [2.45, 2.75) is 51.2 Å². The van der Waals surface area contributed by atoms with Crippen LogP contribution in [0.3, 0.4) is 0 Å². The predicted molar refractivity (Wildman–Crippen MR) is 52.7 cm³/mol. The summed E-state index contributed by atoms with van der Waals surface area (Å²) in [6.07, 6.45) is 2.54. The molecule has 0 unspecified atom stereocenters. The summed E-state index contributed by atoms with van der Waals surface area (Å²) in [6, 6.07) is 0. The van der Waals surface area contributed by atoms with Crippen molar-refractivity contribution < 1.29 is 14.6 Å². The largest absolute Gasteiger partial charge is 0.444 e. The maximum absolute atomic E-state index is 10.6. The molecule has 0 heterocycles. The van der Waals surface area contributed by atoms with Gasteiger partial charge in [0.05, 0.1) is 6.10 Å². The summed E-state index contributed by atoms with van der Waals surface area (Å²) in [7, 11) is 0. The van der Waals surface area contributed by atoms with Gasteiger partial charge in [0.25, 0.3) is 0 Å². The van der Waals surface area contributed by atoms with Gasteiger partial charge in [-0.05, 0) is 45.4 Å². The van der Waals surface area contributed by atoms with E-state index >= 15 is 0 Å². The van der Waals surface area contributed by atoms with E-state index in [0.717, 1.165) is 25.7 Å². The molecule has 1 aliphatic rings. The van der Waals surface area contributed by atoms with Crippen molar-refractivity contribution in [3.05, 3.63) is 0 Å². The molecule has 0 bridgehead atoms. The fourth-order valence-electron chi connectivity index (χ4n) is 2.24. The second-order valence-electron chi connectivity index (χ2n) is 4.72. The molecule has 2 atom stereocenters. The molecule has 0 aliphatic heterocycles. The standard InChI is InChI=1S/C10H19NO3/c1-10(2,14-9(11)13)6-7-3-4-8(12)5-7/h7-8,12H,3-6H2,1-2H3,(H2,11,13)/t7-,8+/m0/s1. The number of carbonyl (C=O) groups is 1. The topological polar surface area (TPSA) is 72.6 Å². The minimum absolute atomic E-state index is 0.177. The second-order valence-corrected chi connectivity index (χ2v) is 4.72. The molecular formula is C10H19NO3. The van der Waals surface area contributed by atoms with Crippen molar-refractivity contribution in [3.63, 3.8) is 0 Å². The molecule has 4 heteroatoms. The van der Waals surface area contributed by atoms with Gasteiger partial charge in [-0.15, -0.1) is 0 Å². The highest BCUT2D eigenvalue weighted by Gasteiger charge is 2.31. The Bertz CT molecular complexity index is 215. The molecule has 0 aromatic rings. The van der Waals surface area contributed by atoms with Crippen LogP contribution in [-0.4, -0.2) is 22.9 Å². The van der Waals surface area contributed by atoms with Gasteiger partial charge in [-0.3, -0.25) is 0 Å². The zero-order chi connectivity index (χ0) is 10.8. The first-order valence-corrected chi connectivity index (χ1v) is 5.05. The molecule has 1 saturated carbocycles. The maximum Gasteiger partial charge on any atom is 0.405 e. The lowest BCUT2D eigenvalue weighted by Crippen LogP contribution is -2.32. The number of aliphatic hydroxyl groups is 1. The number of aliphatic hydroxyl groups excluding tert-OH is 1. The first kappa shape index (κ1) is 11.3. The van der Waals surface area contributed by atoms with Crippen molar-refractivity contribution in [2.75, 3.05) is 0 Å². The van der Waals surface area contributed by atoms with Crippen LogP contribution in [0.2, 0.25) is 0 Å². The Morgan fingerprint density at radius 1 is 1.57 bits per heavy atom. The summed E-state index contributed by atoms with van der Waals surface area (Å²) in [5, 5.41) is 9.35. The quantitative estimate of drug-likeness (QED) is 0.725. The molecule has 0 aromatic carbocycles. The Hall–Kier alpha value is -0.770. The molecule has 1 aliphatic carbocycles. The van der Waals surface area contributed by atoms with Crippen LogP contribution in [0.5, 0.6) is 0 Å². The van der Waals surface area contributed by atoms with Crippen molar-refractivity contribution >= 4 is 6.09 Å². The summed E-state index contributed by atoms with van der Waals surface area (Å²) >= 11 is 0. The molecule has 4 nitrogen and oxygen atoms in total. The number of hydrogen-bond donors (Lipinski definition) is 2. The lowest BCUT2D eigenvalue weighted by Gasteiger charge is -2.26. The van der Waals surface area contributed by atoms with Crippen molar-refractivity contribution in [3.8, 4) is 0 Å². The summed E-state index contributed by atoms with van der Waals surface area (Å²) < 4.78 is 4.99. The summed E-state index contributed by atoms with van der Waals surface area (Å²) in [6.45, 7) is 3.70. The third-order valence-electron chi connectivity index (χ3n) is 2.67.